The maximum atomic E-state index is 13.4. The van der Waals surface area contributed by atoms with E-state index in [9.17, 15) is 18.0 Å². The SMILES string of the molecule is COCc1ccc(OC)c(C2=C(CN3C(=O)O[C@H](c4cc(C)cc(C(F)(F)F)c4)[C@@H]3C)CCCC2)c1. The van der Waals surface area contributed by atoms with Crippen molar-refractivity contribution in [1.82, 2.24) is 4.90 Å². The Bertz CT molecular complexity index is 1160. The van der Waals surface area contributed by atoms with Gasteiger partial charge in [0.15, 0.2) is 0 Å². The van der Waals surface area contributed by atoms with Crippen molar-refractivity contribution < 1.29 is 32.2 Å². The molecule has 194 valence electrons. The number of allylic oxidation sites excluding steroid dienone is 1. The first kappa shape index (κ1) is 26.1. The summed E-state index contributed by atoms with van der Waals surface area (Å²) in [4.78, 5) is 14.6. The average molecular weight is 504 g/mol. The zero-order chi connectivity index (χ0) is 26.0. The summed E-state index contributed by atoms with van der Waals surface area (Å²) in [6.45, 7) is 4.28. The van der Waals surface area contributed by atoms with Crippen LogP contribution in [0.2, 0.25) is 0 Å². The number of rotatable bonds is 7. The molecule has 4 rings (SSSR count). The molecule has 1 saturated heterocycles. The summed E-state index contributed by atoms with van der Waals surface area (Å²) in [5.74, 6) is 0.763. The molecule has 0 radical (unpaired) electrons. The Morgan fingerprint density at radius 1 is 1.08 bits per heavy atom. The Kier molecular flexibility index (Phi) is 7.64. The zero-order valence-electron chi connectivity index (χ0n) is 21.1. The standard InChI is InChI=1S/C28H32F3NO4/c1-17-11-21(14-22(12-17)28(29,30)31)26-18(2)32(27(33)36-26)15-20-7-5-6-8-23(20)24-13-19(16-34-3)9-10-25(24)35-4/h9-14,18,26H,5-8,15-16H2,1-4H3/t18-,26-/m0/s1. The normalized spacial score (nSPS) is 20.6. The number of amides is 1. The number of hydrogen-bond donors (Lipinski definition) is 0. The molecule has 0 spiro atoms. The molecule has 1 heterocycles. The lowest BCUT2D eigenvalue weighted by Crippen LogP contribution is -2.34. The molecule has 0 bridgehead atoms. The number of ether oxygens (including phenoxy) is 3. The number of aryl methyl sites for hydroxylation is 1. The van der Waals surface area contributed by atoms with Crippen LogP contribution in [-0.2, 0) is 22.3 Å². The fraction of sp³-hybridized carbons (Fsp3) is 0.464. The van der Waals surface area contributed by atoms with Gasteiger partial charge < -0.3 is 14.2 Å². The zero-order valence-corrected chi connectivity index (χ0v) is 21.1. The lowest BCUT2D eigenvalue weighted by atomic mass is 9.86. The summed E-state index contributed by atoms with van der Waals surface area (Å²) in [6.07, 6.45) is -2.03. The van der Waals surface area contributed by atoms with Crippen LogP contribution in [0.3, 0.4) is 0 Å². The quantitative estimate of drug-likeness (QED) is 0.405. The molecule has 0 N–H and O–H groups in total. The van der Waals surface area contributed by atoms with Crippen LogP contribution in [0.4, 0.5) is 18.0 Å². The largest absolute Gasteiger partial charge is 0.496 e. The minimum atomic E-state index is -4.47. The Hall–Kier alpha value is -3.00. The second-order valence-electron chi connectivity index (χ2n) is 9.56. The van der Waals surface area contributed by atoms with Crippen LogP contribution in [0.1, 0.15) is 66.5 Å². The molecule has 5 nitrogen and oxygen atoms in total. The highest BCUT2D eigenvalue weighted by atomic mass is 19.4. The van der Waals surface area contributed by atoms with Gasteiger partial charge in [-0.3, -0.25) is 4.90 Å². The molecule has 2 aliphatic rings. The van der Waals surface area contributed by atoms with E-state index < -0.39 is 30.0 Å². The maximum Gasteiger partial charge on any atom is 0.416 e. The van der Waals surface area contributed by atoms with Gasteiger partial charge in [-0.05, 0) is 86.1 Å². The van der Waals surface area contributed by atoms with Crippen LogP contribution in [0.15, 0.2) is 42.0 Å². The number of alkyl halides is 3. The summed E-state index contributed by atoms with van der Waals surface area (Å²) in [7, 11) is 3.29. The second-order valence-corrected chi connectivity index (χ2v) is 9.56. The number of cyclic esters (lactones) is 1. The highest BCUT2D eigenvalue weighted by molar-refractivity contribution is 5.76. The van der Waals surface area contributed by atoms with Gasteiger partial charge in [-0.2, -0.15) is 13.2 Å². The molecule has 0 saturated carbocycles. The third-order valence-electron chi connectivity index (χ3n) is 6.99. The van der Waals surface area contributed by atoms with E-state index in [4.69, 9.17) is 14.2 Å². The molecule has 36 heavy (non-hydrogen) atoms. The first-order chi connectivity index (χ1) is 17.1. The number of benzene rings is 2. The molecule has 0 unspecified atom stereocenters. The lowest BCUT2D eigenvalue weighted by Gasteiger charge is -2.28. The van der Waals surface area contributed by atoms with Crippen LogP contribution < -0.4 is 4.74 Å². The van der Waals surface area contributed by atoms with Gasteiger partial charge in [0, 0.05) is 19.2 Å². The Balaban J connectivity index is 1.65. The predicted molar refractivity (Wildman–Crippen MR) is 131 cm³/mol. The number of hydrogen-bond acceptors (Lipinski definition) is 4. The van der Waals surface area contributed by atoms with E-state index in [2.05, 4.69) is 6.07 Å². The molecule has 8 heteroatoms. The van der Waals surface area contributed by atoms with Gasteiger partial charge in [0.25, 0.3) is 0 Å². The maximum absolute atomic E-state index is 13.4. The topological polar surface area (TPSA) is 48.0 Å². The van der Waals surface area contributed by atoms with E-state index >= 15 is 0 Å². The van der Waals surface area contributed by atoms with Crippen molar-refractivity contribution in [3.05, 3.63) is 69.8 Å². The third kappa shape index (κ3) is 5.38. The molecule has 2 aromatic rings. The molecule has 0 aromatic heterocycles. The molecular formula is C28H32F3NO4. The summed E-state index contributed by atoms with van der Waals surface area (Å²) >= 11 is 0. The fourth-order valence-corrected chi connectivity index (χ4v) is 5.22. The van der Waals surface area contributed by atoms with Crippen molar-refractivity contribution in [2.75, 3.05) is 20.8 Å². The number of carbonyl (C=O) groups is 1. The molecule has 1 aliphatic carbocycles. The highest BCUT2D eigenvalue weighted by Gasteiger charge is 2.41. The molecule has 1 amide bonds. The van der Waals surface area contributed by atoms with Crippen LogP contribution in [0.25, 0.3) is 5.57 Å². The number of halogens is 3. The van der Waals surface area contributed by atoms with Crippen LogP contribution in [0, 0.1) is 6.92 Å². The lowest BCUT2D eigenvalue weighted by molar-refractivity contribution is -0.137. The van der Waals surface area contributed by atoms with E-state index in [1.807, 2.05) is 19.1 Å². The van der Waals surface area contributed by atoms with Crippen LogP contribution in [-0.4, -0.2) is 37.8 Å². The van der Waals surface area contributed by atoms with Gasteiger partial charge in [-0.25, -0.2) is 4.79 Å². The van der Waals surface area contributed by atoms with E-state index in [0.717, 1.165) is 65.8 Å². The van der Waals surface area contributed by atoms with Crippen molar-refractivity contribution in [3.8, 4) is 5.75 Å². The summed E-state index contributed by atoms with van der Waals surface area (Å²) in [5, 5.41) is 0. The Labute approximate surface area is 209 Å². The summed E-state index contributed by atoms with van der Waals surface area (Å²) in [5.41, 5.74) is 4.39. The van der Waals surface area contributed by atoms with Gasteiger partial charge in [-0.15, -0.1) is 0 Å². The number of carbonyl (C=O) groups excluding carboxylic acids is 1. The Morgan fingerprint density at radius 3 is 2.53 bits per heavy atom. The van der Waals surface area contributed by atoms with E-state index in [1.165, 1.54) is 0 Å². The van der Waals surface area contributed by atoms with Crippen molar-refractivity contribution in [1.29, 1.82) is 0 Å². The van der Waals surface area contributed by atoms with Crippen molar-refractivity contribution in [3.63, 3.8) is 0 Å². The summed E-state index contributed by atoms with van der Waals surface area (Å²) < 4.78 is 56.8. The minimum absolute atomic E-state index is 0.359. The van der Waals surface area contributed by atoms with E-state index in [0.29, 0.717) is 24.3 Å². The van der Waals surface area contributed by atoms with Gasteiger partial charge in [-0.1, -0.05) is 17.7 Å². The van der Waals surface area contributed by atoms with E-state index in [-0.39, 0.29) is 0 Å². The van der Waals surface area contributed by atoms with Crippen molar-refractivity contribution in [2.24, 2.45) is 0 Å². The third-order valence-corrected chi connectivity index (χ3v) is 6.99. The van der Waals surface area contributed by atoms with Crippen molar-refractivity contribution in [2.45, 2.75) is 64.5 Å². The van der Waals surface area contributed by atoms with Crippen LogP contribution in [0.5, 0.6) is 5.75 Å². The van der Waals surface area contributed by atoms with Gasteiger partial charge in [0.05, 0.1) is 25.3 Å². The van der Waals surface area contributed by atoms with Crippen LogP contribution >= 0.6 is 0 Å². The van der Waals surface area contributed by atoms with Gasteiger partial charge in [0.2, 0.25) is 0 Å². The fourth-order valence-electron chi connectivity index (χ4n) is 5.22. The first-order valence-electron chi connectivity index (χ1n) is 12.2. The second kappa shape index (κ2) is 10.5. The molecule has 2 aromatic carbocycles. The van der Waals surface area contributed by atoms with Crippen molar-refractivity contribution >= 4 is 11.7 Å². The molecule has 2 atom stereocenters. The van der Waals surface area contributed by atoms with Gasteiger partial charge >= 0.3 is 12.3 Å². The molecule has 1 fully saturated rings. The molecule has 1 aliphatic heterocycles. The van der Waals surface area contributed by atoms with E-state index in [1.54, 1.807) is 32.1 Å². The number of methoxy groups -OCH3 is 2. The smallest absolute Gasteiger partial charge is 0.416 e. The monoisotopic (exact) mass is 503 g/mol. The minimum Gasteiger partial charge on any atom is -0.496 e. The average Bonchev–Trinajstić information content (AvgIpc) is 3.12. The summed E-state index contributed by atoms with van der Waals surface area (Å²) in [6, 6.07) is 9.40. The Morgan fingerprint density at radius 2 is 1.83 bits per heavy atom. The molecular weight excluding hydrogens is 471 g/mol. The van der Waals surface area contributed by atoms with Gasteiger partial charge in [0.1, 0.15) is 11.9 Å². The first-order valence-corrected chi connectivity index (χ1v) is 12.2. The number of nitrogens with zero attached hydrogens (tertiary/aromatic N) is 1. The predicted octanol–water partition coefficient (Wildman–Crippen LogP) is 7.08. The highest BCUT2D eigenvalue weighted by Crippen LogP contribution is 2.41.